The van der Waals surface area contributed by atoms with Gasteiger partial charge < -0.3 is 0 Å². The molecule has 1 unspecified atom stereocenters. The van der Waals surface area contributed by atoms with E-state index in [2.05, 4.69) is 52.5 Å². The van der Waals surface area contributed by atoms with Gasteiger partial charge in [0.05, 0.1) is 11.7 Å². The second-order valence-electron chi connectivity index (χ2n) is 5.98. The second kappa shape index (κ2) is 6.90. The zero-order valence-electron chi connectivity index (χ0n) is 13.5. The molecule has 0 bridgehead atoms. The van der Waals surface area contributed by atoms with Crippen LogP contribution in [0.1, 0.15) is 24.9 Å². The fourth-order valence-electron chi connectivity index (χ4n) is 2.93. The lowest BCUT2D eigenvalue weighted by Gasteiger charge is -2.21. The van der Waals surface area contributed by atoms with E-state index in [0.29, 0.717) is 0 Å². The van der Waals surface area contributed by atoms with E-state index in [9.17, 15) is 0 Å². The van der Waals surface area contributed by atoms with Crippen molar-refractivity contribution in [3.63, 3.8) is 0 Å². The summed E-state index contributed by atoms with van der Waals surface area (Å²) in [5, 5.41) is 10.5. The molecule has 126 valence electrons. The van der Waals surface area contributed by atoms with Crippen LogP contribution >= 0.6 is 38.9 Å². The molecule has 1 aromatic heterocycles. The molecule has 1 aliphatic rings. The number of hydrazone groups is 1. The zero-order valence-corrected chi connectivity index (χ0v) is 16.6. The fraction of sp³-hybridized carbons (Fsp3) is 0.158. The van der Waals surface area contributed by atoms with Crippen LogP contribution < -0.4 is 5.01 Å². The highest BCUT2D eigenvalue weighted by molar-refractivity contribution is 9.10. The minimum absolute atomic E-state index is 0.166. The molecule has 2 aromatic carbocycles. The lowest BCUT2D eigenvalue weighted by Crippen LogP contribution is -2.18. The van der Waals surface area contributed by atoms with Crippen LogP contribution in [-0.2, 0) is 0 Å². The van der Waals surface area contributed by atoms with Crippen LogP contribution in [0.2, 0.25) is 5.02 Å². The zero-order chi connectivity index (χ0) is 17.4. The second-order valence-corrected chi connectivity index (χ2v) is 8.17. The first kappa shape index (κ1) is 16.8. The number of aromatic nitrogens is 1. The maximum atomic E-state index is 6.03. The fourth-order valence-corrected chi connectivity index (χ4v) is 4.29. The van der Waals surface area contributed by atoms with Crippen molar-refractivity contribution in [3.05, 3.63) is 69.0 Å². The van der Waals surface area contributed by atoms with Crippen molar-refractivity contribution < 1.29 is 0 Å². The van der Waals surface area contributed by atoms with Gasteiger partial charge in [-0.1, -0.05) is 51.8 Å². The molecule has 0 amide bonds. The molecule has 0 saturated heterocycles. The smallest absolute Gasteiger partial charge is 0.207 e. The Bertz CT molecular complexity index is 936. The van der Waals surface area contributed by atoms with Gasteiger partial charge in [-0.05, 0) is 36.8 Å². The maximum Gasteiger partial charge on any atom is 0.207 e. The summed E-state index contributed by atoms with van der Waals surface area (Å²) in [6.07, 6.45) is 0.896. The molecule has 0 spiro atoms. The molecule has 1 atom stereocenters. The van der Waals surface area contributed by atoms with Crippen LogP contribution in [0.5, 0.6) is 0 Å². The average Bonchev–Trinajstić information content (AvgIpc) is 3.22. The highest BCUT2D eigenvalue weighted by atomic mass is 79.9. The summed E-state index contributed by atoms with van der Waals surface area (Å²) in [4.78, 5) is 4.82. The molecule has 6 heteroatoms. The summed E-state index contributed by atoms with van der Waals surface area (Å²) in [5.74, 6) is 0. The van der Waals surface area contributed by atoms with Crippen LogP contribution in [0.3, 0.4) is 0 Å². The highest BCUT2D eigenvalue weighted by Gasteiger charge is 2.29. The highest BCUT2D eigenvalue weighted by Crippen LogP contribution is 2.38. The van der Waals surface area contributed by atoms with Crippen molar-refractivity contribution in [1.29, 1.82) is 0 Å². The van der Waals surface area contributed by atoms with Crippen LogP contribution in [0, 0.1) is 0 Å². The van der Waals surface area contributed by atoms with Crippen LogP contribution in [0.15, 0.2) is 63.5 Å². The molecule has 0 saturated carbocycles. The van der Waals surface area contributed by atoms with E-state index in [-0.39, 0.29) is 6.04 Å². The molecule has 0 N–H and O–H groups in total. The Hall–Kier alpha value is -1.69. The molecule has 0 aliphatic carbocycles. The number of nitrogens with zero attached hydrogens (tertiary/aromatic N) is 3. The van der Waals surface area contributed by atoms with Gasteiger partial charge >= 0.3 is 0 Å². The summed E-state index contributed by atoms with van der Waals surface area (Å²) in [6.45, 7) is 2.06. The average molecular weight is 433 g/mol. The van der Waals surface area contributed by atoms with Crippen molar-refractivity contribution in [2.45, 2.75) is 19.4 Å². The monoisotopic (exact) mass is 431 g/mol. The summed E-state index contributed by atoms with van der Waals surface area (Å²) in [6, 6.07) is 16.3. The third-order valence-electron chi connectivity index (χ3n) is 4.13. The van der Waals surface area contributed by atoms with Gasteiger partial charge in [0, 0.05) is 32.6 Å². The van der Waals surface area contributed by atoms with E-state index in [1.165, 1.54) is 5.56 Å². The van der Waals surface area contributed by atoms with Crippen molar-refractivity contribution >= 4 is 49.7 Å². The molecule has 0 radical (unpaired) electrons. The first-order valence-electron chi connectivity index (χ1n) is 7.90. The number of benzene rings is 2. The summed E-state index contributed by atoms with van der Waals surface area (Å²) < 4.78 is 1.05. The molecule has 0 fully saturated rings. The van der Waals surface area contributed by atoms with Crippen LogP contribution in [0.25, 0.3) is 11.3 Å². The maximum absolute atomic E-state index is 6.03. The third kappa shape index (κ3) is 3.50. The molecular formula is C19H15BrClN3S. The van der Waals surface area contributed by atoms with Crippen molar-refractivity contribution in [2.24, 2.45) is 5.10 Å². The first-order valence-corrected chi connectivity index (χ1v) is 9.95. The Morgan fingerprint density at radius 3 is 2.76 bits per heavy atom. The number of hydrogen-bond acceptors (Lipinski definition) is 4. The number of thiazole rings is 1. The lowest BCUT2D eigenvalue weighted by molar-refractivity contribution is 0.706. The quantitative estimate of drug-likeness (QED) is 0.469. The van der Waals surface area contributed by atoms with Crippen molar-refractivity contribution in [1.82, 2.24) is 4.98 Å². The van der Waals surface area contributed by atoms with Crippen LogP contribution in [-0.4, -0.2) is 10.7 Å². The van der Waals surface area contributed by atoms with Crippen molar-refractivity contribution in [3.8, 4) is 11.3 Å². The molecule has 4 rings (SSSR count). The SMILES string of the molecule is CC1=NN(c2nc(-c3cccc(Br)c3)cs2)C(c2ccc(Cl)cc2)C1. The van der Waals surface area contributed by atoms with E-state index in [1.807, 2.05) is 29.3 Å². The van der Waals surface area contributed by atoms with Gasteiger partial charge in [0.2, 0.25) is 5.13 Å². The van der Waals surface area contributed by atoms with Crippen LogP contribution in [0.4, 0.5) is 5.13 Å². The normalized spacial score (nSPS) is 17.0. The Morgan fingerprint density at radius 2 is 2.00 bits per heavy atom. The Morgan fingerprint density at radius 1 is 1.20 bits per heavy atom. The molecular weight excluding hydrogens is 418 g/mol. The van der Waals surface area contributed by atoms with Gasteiger partial charge in [-0.2, -0.15) is 5.10 Å². The van der Waals surface area contributed by atoms with Gasteiger partial charge in [0.25, 0.3) is 0 Å². The number of hydrogen-bond donors (Lipinski definition) is 0. The molecule has 25 heavy (non-hydrogen) atoms. The number of rotatable bonds is 3. The predicted octanol–water partition coefficient (Wildman–Crippen LogP) is 6.55. The van der Waals surface area contributed by atoms with Gasteiger partial charge in [-0.25, -0.2) is 9.99 Å². The molecule has 3 nitrogen and oxygen atoms in total. The van der Waals surface area contributed by atoms with E-state index >= 15 is 0 Å². The van der Waals surface area contributed by atoms with E-state index in [1.54, 1.807) is 11.3 Å². The molecule has 2 heterocycles. The van der Waals surface area contributed by atoms with Gasteiger partial charge in [-0.15, -0.1) is 11.3 Å². The van der Waals surface area contributed by atoms with E-state index < -0.39 is 0 Å². The minimum Gasteiger partial charge on any atom is -0.231 e. The molecule has 3 aromatic rings. The Kier molecular flexibility index (Phi) is 4.63. The van der Waals surface area contributed by atoms with Gasteiger partial charge in [-0.3, -0.25) is 0 Å². The predicted molar refractivity (Wildman–Crippen MR) is 110 cm³/mol. The van der Waals surface area contributed by atoms with Gasteiger partial charge in [0.15, 0.2) is 0 Å². The summed E-state index contributed by atoms with van der Waals surface area (Å²) in [5.41, 5.74) is 4.37. The largest absolute Gasteiger partial charge is 0.231 e. The topological polar surface area (TPSA) is 28.5 Å². The first-order chi connectivity index (χ1) is 12.1. The number of anilines is 1. The minimum atomic E-state index is 0.166. The van der Waals surface area contributed by atoms with Gasteiger partial charge in [0.1, 0.15) is 0 Å². The Labute approximate surface area is 164 Å². The number of halogens is 2. The lowest BCUT2D eigenvalue weighted by atomic mass is 10.0. The third-order valence-corrected chi connectivity index (χ3v) is 5.70. The summed E-state index contributed by atoms with van der Waals surface area (Å²) >= 11 is 11.2. The van der Waals surface area contributed by atoms with Crippen molar-refractivity contribution in [2.75, 3.05) is 5.01 Å². The van der Waals surface area contributed by atoms with E-state index in [4.69, 9.17) is 21.7 Å². The summed E-state index contributed by atoms with van der Waals surface area (Å²) in [7, 11) is 0. The Balaban J connectivity index is 1.66. The standard InChI is InChI=1S/C19H15BrClN3S/c1-12-9-18(13-5-7-16(21)8-6-13)24(23-12)19-22-17(11-25-19)14-3-2-4-15(20)10-14/h2-8,10-11,18H,9H2,1H3. The van der Waals surface area contributed by atoms with E-state index in [0.717, 1.165) is 38.0 Å². The molecule has 1 aliphatic heterocycles.